The minimum absolute atomic E-state index is 0.00442. The first-order chi connectivity index (χ1) is 14.3. The van der Waals surface area contributed by atoms with Crippen molar-refractivity contribution in [2.75, 3.05) is 14.2 Å². The zero-order valence-corrected chi connectivity index (χ0v) is 18.3. The average molecular weight is 455 g/mol. The van der Waals surface area contributed by atoms with Gasteiger partial charge >= 0.3 is 6.61 Å². The van der Waals surface area contributed by atoms with Gasteiger partial charge in [0, 0.05) is 19.2 Å². The van der Waals surface area contributed by atoms with E-state index in [4.69, 9.17) is 28.6 Å². The summed E-state index contributed by atoms with van der Waals surface area (Å²) in [6.07, 6.45) is 0. The lowest BCUT2D eigenvalue weighted by molar-refractivity contribution is -0.0512. The van der Waals surface area contributed by atoms with E-state index >= 15 is 0 Å². The maximum atomic E-state index is 12.5. The topological polar surface area (TPSA) is 44.5 Å². The predicted molar refractivity (Wildman–Crippen MR) is 114 cm³/mol. The van der Waals surface area contributed by atoms with Crippen molar-refractivity contribution in [1.82, 2.24) is 19.2 Å². The van der Waals surface area contributed by atoms with E-state index in [1.54, 1.807) is 22.9 Å². The molecule has 3 aromatic rings. The van der Waals surface area contributed by atoms with E-state index in [9.17, 15) is 8.78 Å². The van der Waals surface area contributed by atoms with Crippen molar-refractivity contribution >= 4 is 23.8 Å². The van der Waals surface area contributed by atoms with Crippen LogP contribution in [0.25, 0.3) is 11.4 Å². The van der Waals surface area contributed by atoms with Gasteiger partial charge in [0.2, 0.25) is 0 Å². The highest BCUT2D eigenvalue weighted by Crippen LogP contribution is 2.30. The van der Waals surface area contributed by atoms with E-state index < -0.39 is 6.61 Å². The Balaban J connectivity index is 1.77. The van der Waals surface area contributed by atoms with Gasteiger partial charge in [-0.3, -0.25) is 4.90 Å². The van der Waals surface area contributed by atoms with Gasteiger partial charge in [-0.2, -0.15) is 13.9 Å². The minimum Gasteiger partial charge on any atom is -0.493 e. The molecule has 0 bridgehead atoms. The van der Waals surface area contributed by atoms with E-state index in [2.05, 4.69) is 9.84 Å². The highest BCUT2D eigenvalue weighted by molar-refractivity contribution is 7.71. The molecule has 10 heteroatoms. The molecule has 2 aromatic carbocycles. The van der Waals surface area contributed by atoms with Gasteiger partial charge < -0.3 is 14.0 Å². The smallest absolute Gasteiger partial charge is 0.387 e. The van der Waals surface area contributed by atoms with Gasteiger partial charge in [0.05, 0.1) is 18.8 Å². The van der Waals surface area contributed by atoms with Crippen LogP contribution < -0.4 is 9.47 Å². The van der Waals surface area contributed by atoms with Gasteiger partial charge in [-0.05, 0) is 49.1 Å². The summed E-state index contributed by atoms with van der Waals surface area (Å²) in [5, 5.41) is 5.22. The number of nitrogens with zero attached hydrogens (tertiary/aromatic N) is 4. The monoisotopic (exact) mass is 454 g/mol. The lowest BCUT2D eigenvalue weighted by Crippen LogP contribution is -2.22. The molecule has 1 aromatic heterocycles. The molecular weight excluding hydrogens is 434 g/mol. The molecule has 3 rings (SSSR count). The number of halogens is 3. The zero-order valence-electron chi connectivity index (χ0n) is 16.7. The van der Waals surface area contributed by atoms with Crippen LogP contribution in [0.5, 0.6) is 11.5 Å². The highest BCUT2D eigenvalue weighted by Gasteiger charge is 2.15. The fraction of sp³-hybridized carbons (Fsp3) is 0.300. The maximum absolute atomic E-state index is 12.5. The molecule has 0 aliphatic rings. The summed E-state index contributed by atoms with van der Waals surface area (Å²) in [6.45, 7) is -1.97. The van der Waals surface area contributed by atoms with Gasteiger partial charge in [-0.15, -0.1) is 0 Å². The van der Waals surface area contributed by atoms with Crippen LogP contribution in [0.2, 0.25) is 5.02 Å². The van der Waals surface area contributed by atoms with E-state index in [0.29, 0.717) is 28.8 Å². The number of methoxy groups -OCH3 is 1. The molecule has 30 heavy (non-hydrogen) atoms. The van der Waals surface area contributed by atoms with Crippen LogP contribution in [0.3, 0.4) is 0 Å². The van der Waals surface area contributed by atoms with Crippen LogP contribution in [-0.4, -0.2) is 40.0 Å². The van der Waals surface area contributed by atoms with Crippen molar-refractivity contribution in [3.05, 3.63) is 57.8 Å². The molecule has 0 fully saturated rings. The first-order valence-electron chi connectivity index (χ1n) is 8.99. The number of ether oxygens (including phenoxy) is 2. The van der Waals surface area contributed by atoms with Crippen molar-refractivity contribution in [2.24, 2.45) is 7.05 Å². The Kier molecular flexibility index (Phi) is 7.06. The van der Waals surface area contributed by atoms with Crippen LogP contribution in [0.4, 0.5) is 8.78 Å². The fourth-order valence-electron chi connectivity index (χ4n) is 3.05. The standard InChI is InChI=1S/C20H21ClF2N4O2S/c1-25(11-13-8-9-16(29-19(22)23)17(10-13)28-3)12-27-20(30)26(2)18(24-27)14-6-4-5-7-15(14)21/h4-10,19H,11-12H2,1-3H3. The van der Waals surface area contributed by atoms with Crippen LogP contribution in [0.1, 0.15) is 5.56 Å². The third kappa shape index (κ3) is 4.97. The van der Waals surface area contributed by atoms with Gasteiger partial charge in [-0.1, -0.05) is 29.8 Å². The normalized spacial score (nSPS) is 11.3. The largest absolute Gasteiger partial charge is 0.493 e. The minimum atomic E-state index is -2.91. The summed E-state index contributed by atoms with van der Waals surface area (Å²) < 4.78 is 38.7. The van der Waals surface area contributed by atoms with Crippen molar-refractivity contribution in [3.63, 3.8) is 0 Å². The Hall–Kier alpha value is -2.49. The Labute approximate surface area is 183 Å². The zero-order chi connectivity index (χ0) is 21.8. The van der Waals surface area contributed by atoms with Gasteiger partial charge in [0.1, 0.15) is 0 Å². The molecular formula is C20H21ClF2N4O2S. The highest BCUT2D eigenvalue weighted by atomic mass is 35.5. The molecule has 0 atom stereocenters. The van der Waals surface area contributed by atoms with E-state index in [-0.39, 0.29) is 11.5 Å². The molecule has 0 unspecified atom stereocenters. The molecule has 0 aliphatic carbocycles. The van der Waals surface area contributed by atoms with Crippen molar-refractivity contribution in [1.29, 1.82) is 0 Å². The maximum Gasteiger partial charge on any atom is 0.387 e. The molecule has 0 spiro atoms. The summed E-state index contributed by atoms with van der Waals surface area (Å²) >= 11 is 11.8. The summed E-state index contributed by atoms with van der Waals surface area (Å²) in [4.78, 5) is 1.99. The molecule has 1 heterocycles. The molecule has 0 N–H and O–H groups in total. The quantitative estimate of drug-likeness (QED) is 0.449. The Bertz CT molecular complexity index is 1090. The first-order valence-corrected chi connectivity index (χ1v) is 9.77. The second-order valence-electron chi connectivity index (χ2n) is 6.66. The molecule has 0 saturated heterocycles. The summed E-state index contributed by atoms with van der Waals surface area (Å²) in [5.74, 6) is 0.918. The van der Waals surface area contributed by atoms with E-state index in [1.165, 1.54) is 13.2 Å². The third-order valence-electron chi connectivity index (χ3n) is 4.43. The Morgan fingerprint density at radius 1 is 1.20 bits per heavy atom. The second-order valence-corrected chi connectivity index (χ2v) is 7.44. The molecule has 0 amide bonds. The average Bonchev–Trinajstić information content (AvgIpc) is 2.97. The fourth-order valence-corrected chi connectivity index (χ4v) is 3.46. The van der Waals surface area contributed by atoms with Gasteiger partial charge in [0.15, 0.2) is 22.1 Å². The second kappa shape index (κ2) is 9.55. The van der Waals surface area contributed by atoms with Gasteiger partial charge in [-0.25, -0.2) is 4.68 Å². The van der Waals surface area contributed by atoms with E-state index in [1.807, 2.05) is 41.8 Å². The third-order valence-corrected chi connectivity index (χ3v) is 5.24. The lowest BCUT2D eigenvalue weighted by Gasteiger charge is -2.18. The van der Waals surface area contributed by atoms with Crippen LogP contribution >= 0.6 is 23.8 Å². The first kappa shape index (κ1) is 22.2. The van der Waals surface area contributed by atoms with E-state index in [0.717, 1.165) is 11.1 Å². The molecule has 0 radical (unpaired) electrons. The lowest BCUT2D eigenvalue weighted by atomic mass is 10.2. The van der Waals surface area contributed by atoms with Crippen molar-refractivity contribution < 1.29 is 18.3 Å². The number of rotatable bonds is 8. The SMILES string of the molecule is COc1cc(CN(C)Cn2nc(-c3ccccc3Cl)n(C)c2=S)ccc1OC(F)F. The number of benzene rings is 2. The van der Waals surface area contributed by atoms with Gasteiger partial charge in [0.25, 0.3) is 0 Å². The number of hydrogen-bond donors (Lipinski definition) is 0. The van der Waals surface area contributed by atoms with Crippen LogP contribution in [-0.2, 0) is 20.3 Å². The molecule has 0 saturated carbocycles. The molecule has 6 nitrogen and oxygen atoms in total. The van der Waals surface area contributed by atoms with Crippen LogP contribution in [0.15, 0.2) is 42.5 Å². The predicted octanol–water partition coefficient (Wildman–Crippen LogP) is 4.97. The molecule has 0 aliphatic heterocycles. The van der Waals surface area contributed by atoms with Crippen molar-refractivity contribution in [3.8, 4) is 22.9 Å². The Morgan fingerprint density at radius 3 is 2.60 bits per heavy atom. The number of aromatic nitrogens is 3. The van der Waals surface area contributed by atoms with Crippen LogP contribution in [0, 0.1) is 4.77 Å². The summed E-state index contributed by atoms with van der Waals surface area (Å²) in [7, 11) is 5.16. The van der Waals surface area contributed by atoms with Crippen molar-refractivity contribution in [2.45, 2.75) is 19.8 Å². The number of hydrogen-bond acceptors (Lipinski definition) is 5. The Morgan fingerprint density at radius 2 is 1.93 bits per heavy atom. The molecule has 160 valence electrons. The summed E-state index contributed by atoms with van der Waals surface area (Å²) in [6, 6.07) is 12.3. The number of alkyl halides is 2. The summed E-state index contributed by atoms with van der Waals surface area (Å²) in [5.41, 5.74) is 1.67.